The number of carbonyl (C=O) groups excluding carboxylic acids is 1. The molecule has 0 saturated carbocycles. The molecule has 0 radical (unpaired) electrons. The van der Waals surface area contributed by atoms with E-state index in [1.165, 1.54) is 0 Å². The average Bonchev–Trinajstić information content (AvgIpc) is 2.53. The van der Waals surface area contributed by atoms with Gasteiger partial charge in [0.2, 0.25) is 0 Å². The van der Waals surface area contributed by atoms with Gasteiger partial charge in [0.05, 0.1) is 19.3 Å². The molecule has 0 unspecified atom stereocenters. The molecule has 116 valence electrons. The normalized spacial score (nSPS) is 10.1. The second kappa shape index (κ2) is 7.84. The monoisotopic (exact) mass is 363 g/mol. The minimum atomic E-state index is -0.222. The molecule has 0 spiro atoms. The highest BCUT2D eigenvalue weighted by Gasteiger charge is 2.14. The molecule has 2 aromatic rings. The highest BCUT2D eigenvalue weighted by Crippen LogP contribution is 2.25. The Bertz CT molecular complexity index is 658. The molecule has 22 heavy (non-hydrogen) atoms. The number of halogens is 1. The number of nitrogens with one attached hydrogen (secondary N) is 1. The van der Waals surface area contributed by atoms with Crippen LogP contribution in [0, 0.1) is 0 Å². The zero-order chi connectivity index (χ0) is 15.9. The Morgan fingerprint density at radius 2 is 2.05 bits per heavy atom. The van der Waals surface area contributed by atoms with Crippen LogP contribution in [0.15, 0.2) is 46.9 Å². The standard InChI is InChI=1S/C17H18BrNO3/c1-3-9-22-16-8-7-12(18)10-15(16)17(20)19-13-5-4-6-14(11-13)21-2/h4-8,10-11H,3,9H2,1-2H3,(H,19,20). The molecule has 0 aromatic heterocycles. The molecule has 0 saturated heterocycles. The maximum atomic E-state index is 12.5. The summed E-state index contributed by atoms with van der Waals surface area (Å²) in [6, 6.07) is 12.6. The number of anilines is 1. The van der Waals surface area contributed by atoms with Gasteiger partial charge in [-0.05, 0) is 36.8 Å². The summed E-state index contributed by atoms with van der Waals surface area (Å²) in [4.78, 5) is 12.5. The minimum Gasteiger partial charge on any atom is -0.497 e. The Morgan fingerprint density at radius 3 is 2.77 bits per heavy atom. The number of carbonyl (C=O) groups is 1. The third kappa shape index (κ3) is 4.24. The summed E-state index contributed by atoms with van der Waals surface area (Å²) in [5, 5.41) is 2.86. The average molecular weight is 364 g/mol. The number of hydrogen-bond acceptors (Lipinski definition) is 3. The summed E-state index contributed by atoms with van der Waals surface area (Å²) in [5.74, 6) is 1.04. The van der Waals surface area contributed by atoms with Crippen LogP contribution in [0.25, 0.3) is 0 Å². The molecule has 0 aliphatic carbocycles. The Kier molecular flexibility index (Phi) is 5.83. The van der Waals surface area contributed by atoms with Gasteiger partial charge < -0.3 is 14.8 Å². The Morgan fingerprint density at radius 1 is 1.23 bits per heavy atom. The van der Waals surface area contributed by atoms with Gasteiger partial charge in [-0.2, -0.15) is 0 Å². The first kappa shape index (κ1) is 16.4. The molecule has 0 atom stereocenters. The molecule has 0 heterocycles. The van der Waals surface area contributed by atoms with Crippen molar-refractivity contribution in [2.24, 2.45) is 0 Å². The van der Waals surface area contributed by atoms with E-state index in [1.54, 1.807) is 25.3 Å². The van der Waals surface area contributed by atoms with Crippen molar-refractivity contribution in [1.29, 1.82) is 0 Å². The van der Waals surface area contributed by atoms with Crippen molar-refractivity contribution < 1.29 is 14.3 Å². The van der Waals surface area contributed by atoms with Gasteiger partial charge in [-0.15, -0.1) is 0 Å². The lowest BCUT2D eigenvalue weighted by Crippen LogP contribution is -2.14. The van der Waals surface area contributed by atoms with E-state index in [0.29, 0.717) is 29.4 Å². The second-order valence-electron chi connectivity index (χ2n) is 4.68. The molecule has 2 rings (SSSR count). The Labute approximate surface area is 138 Å². The van der Waals surface area contributed by atoms with E-state index >= 15 is 0 Å². The predicted molar refractivity (Wildman–Crippen MR) is 90.9 cm³/mol. The fourth-order valence-electron chi connectivity index (χ4n) is 1.92. The maximum Gasteiger partial charge on any atom is 0.259 e. The zero-order valence-electron chi connectivity index (χ0n) is 12.6. The number of hydrogen-bond donors (Lipinski definition) is 1. The summed E-state index contributed by atoms with van der Waals surface area (Å²) >= 11 is 3.39. The van der Waals surface area contributed by atoms with Crippen LogP contribution >= 0.6 is 15.9 Å². The fraction of sp³-hybridized carbons (Fsp3) is 0.235. The van der Waals surface area contributed by atoms with Gasteiger partial charge in [0, 0.05) is 16.2 Å². The zero-order valence-corrected chi connectivity index (χ0v) is 14.1. The molecule has 0 aliphatic rings. The van der Waals surface area contributed by atoms with E-state index < -0.39 is 0 Å². The largest absolute Gasteiger partial charge is 0.497 e. The molecule has 1 N–H and O–H groups in total. The lowest BCUT2D eigenvalue weighted by Gasteiger charge is -2.12. The number of methoxy groups -OCH3 is 1. The van der Waals surface area contributed by atoms with Crippen LogP contribution in [-0.4, -0.2) is 19.6 Å². The van der Waals surface area contributed by atoms with Crippen LogP contribution in [0.5, 0.6) is 11.5 Å². The third-order valence-corrected chi connectivity index (χ3v) is 3.47. The smallest absolute Gasteiger partial charge is 0.259 e. The summed E-state index contributed by atoms with van der Waals surface area (Å²) in [6.07, 6.45) is 0.882. The molecule has 0 bridgehead atoms. The SMILES string of the molecule is CCCOc1ccc(Br)cc1C(=O)Nc1cccc(OC)c1. The van der Waals surface area contributed by atoms with Crippen LogP contribution in [0.3, 0.4) is 0 Å². The van der Waals surface area contributed by atoms with E-state index in [4.69, 9.17) is 9.47 Å². The topological polar surface area (TPSA) is 47.6 Å². The second-order valence-corrected chi connectivity index (χ2v) is 5.59. The number of ether oxygens (including phenoxy) is 2. The van der Waals surface area contributed by atoms with Gasteiger partial charge in [0.15, 0.2) is 0 Å². The van der Waals surface area contributed by atoms with Crippen LogP contribution in [0.1, 0.15) is 23.7 Å². The van der Waals surface area contributed by atoms with Crippen molar-refractivity contribution in [1.82, 2.24) is 0 Å². The molecular formula is C17H18BrNO3. The summed E-state index contributed by atoms with van der Waals surface area (Å²) < 4.78 is 11.6. The van der Waals surface area contributed by atoms with E-state index in [2.05, 4.69) is 21.2 Å². The first-order valence-electron chi connectivity index (χ1n) is 7.01. The molecule has 0 fully saturated rings. The van der Waals surface area contributed by atoms with Crippen molar-refractivity contribution in [3.05, 3.63) is 52.5 Å². The van der Waals surface area contributed by atoms with Crippen molar-refractivity contribution in [2.75, 3.05) is 19.0 Å². The van der Waals surface area contributed by atoms with Gasteiger partial charge in [-0.1, -0.05) is 28.9 Å². The van der Waals surface area contributed by atoms with Crippen molar-refractivity contribution >= 4 is 27.5 Å². The van der Waals surface area contributed by atoms with E-state index in [-0.39, 0.29) is 5.91 Å². The number of rotatable bonds is 6. The lowest BCUT2D eigenvalue weighted by atomic mass is 10.2. The lowest BCUT2D eigenvalue weighted by molar-refractivity contribution is 0.102. The van der Waals surface area contributed by atoms with Crippen molar-refractivity contribution in [3.8, 4) is 11.5 Å². The van der Waals surface area contributed by atoms with Crippen molar-refractivity contribution in [2.45, 2.75) is 13.3 Å². The Balaban J connectivity index is 2.22. The summed E-state index contributed by atoms with van der Waals surface area (Å²) in [7, 11) is 1.59. The molecule has 0 aliphatic heterocycles. The van der Waals surface area contributed by atoms with E-state index in [0.717, 1.165) is 10.9 Å². The summed E-state index contributed by atoms with van der Waals surface area (Å²) in [5.41, 5.74) is 1.16. The first-order chi connectivity index (χ1) is 10.6. The highest BCUT2D eigenvalue weighted by molar-refractivity contribution is 9.10. The predicted octanol–water partition coefficient (Wildman–Crippen LogP) is 4.50. The van der Waals surface area contributed by atoms with E-state index in [1.807, 2.05) is 31.2 Å². The first-order valence-corrected chi connectivity index (χ1v) is 7.81. The molecule has 4 nitrogen and oxygen atoms in total. The van der Waals surface area contributed by atoms with Crippen LogP contribution in [0.4, 0.5) is 5.69 Å². The van der Waals surface area contributed by atoms with Crippen molar-refractivity contribution in [3.63, 3.8) is 0 Å². The maximum absolute atomic E-state index is 12.5. The quantitative estimate of drug-likeness (QED) is 0.821. The number of benzene rings is 2. The summed E-state index contributed by atoms with van der Waals surface area (Å²) in [6.45, 7) is 2.59. The van der Waals surface area contributed by atoms with Gasteiger partial charge in [0.1, 0.15) is 11.5 Å². The van der Waals surface area contributed by atoms with Gasteiger partial charge in [-0.3, -0.25) is 4.79 Å². The van der Waals surface area contributed by atoms with Gasteiger partial charge in [0.25, 0.3) is 5.91 Å². The van der Waals surface area contributed by atoms with E-state index in [9.17, 15) is 4.79 Å². The van der Waals surface area contributed by atoms with Crippen LogP contribution in [0.2, 0.25) is 0 Å². The fourth-order valence-corrected chi connectivity index (χ4v) is 2.28. The molecule has 1 amide bonds. The molecule has 5 heteroatoms. The highest BCUT2D eigenvalue weighted by atomic mass is 79.9. The van der Waals surface area contributed by atoms with Crippen LogP contribution in [-0.2, 0) is 0 Å². The minimum absolute atomic E-state index is 0.222. The third-order valence-electron chi connectivity index (χ3n) is 2.98. The Hall–Kier alpha value is -2.01. The molecule has 2 aromatic carbocycles. The molecular weight excluding hydrogens is 346 g/mol. The van der Waals surface area contributed by atoms with Gasteiger partial charge in [-0.25, -0.2) is 0 Å². The van der Waals surface area contributed by atoms with Crippen LogP contribution < -0.4 is 14.8 Å². The number of amides is 1. The van der Waals surface area contributed by atoms with Gasteiger partial charge >= 0.3 is 0 Å².